The van der Waals surface area contributed by atoms with Crippen molar-refractivity contribution in [3.05, 3.63) is 59.4 Å². The molecule has 0 heterocycles. The molecular weight excluding hydrogens is 271 g/mol. The third-order valence-electron chi connectivity index (χ3n) is 2.68. The van der Waals surface area contributed by atoms with E-state index in [1.54, 1.807) is 24.3 Å². The SMILES string of the molecule is NCC#Cc1ccc(NC(=O)c2ccc(F)cc2O)cc1. The summed E-state index contributed by atoms with van der Waals surface area (Å²) >= 11 is 0. The quantitative estimate of drug-likeness (QED) is 0.739. The van der Waals surface area contributed by atoms with Crippen molar-refractivity contribution in [3.8, 4) is 17.6 Å². The fourth-order valence-electron chi connectivity index (χ4n) is 1.69. The Balaban J connectivity index is 2.12. The molecule has 0 spiro atoms. The number of halogens is 1. The molecule has 0 aliphatic rings. The van der Waals surface area contributed by atoms with E-state index in [2.05, 4.69) is 17.2 Å². The smallest absolute Gasteiger partial charge is 0.259 e. The summed E-state index contributed by atoms with van der Waals surface area (Å²) in [5, 5.41) is 12.2. The molecule has 4 N–H and O–H groups in total. The van der Waals surface area contributed by atoms with Crippen LogP contribution in [0, 0.1) is 17.7 Å². The molecule has 5 heteroatoms. The van der Waals surface area contributed by atoms with Gasteiger partial charge in [-0.2, -0.15) is 0 Å². The topological polar surface area (TPSA) is 75.3 Å². The Morgan fingerprint density at radius 1 is 1.24 bits per heavy atom. The predicted octanol–water partition coefficient (Wildman–Crippen LogP) is 2.09. The van der Waals surface area contributed by atoms with Crippen LogP contribution < -0.4 is 11.1 Å². The van der Waals surface area contributed by atoms with Gasteiger partial charge in [0.1, 0.15) is 11.6 Å². The number of nitrogens with one attached hydrogen (secondary N) is 1. The number of hydrogen-bond acceptors (Lipinski definition) is 3. The van der Waals surface area contributed by atoms with E-state index >= 15 is 0 Å². The van der Waals surface area contributed by atoms with Crippen molar-refractivity contribution in [2.75, 3.05) is 11.9 Å². The fourth-order valence-corrected chi connectivity index (χ4v) is 1.69. The lowest BCUT2D eigenvalue weighted by Crippen LogP contribution is -2.12. The van der Waals surface area contributed by atoms with Gasteiger partial charge in [0.05, 0.1) is 12.1 Å². The summed E-state index contributed by atoms with van der Waals surface area (Å²) in [6, 6.07) is 10.1. The molecule has 0 bridgehead atoms. The number of amides is 1. The van der Waals surface area contributed by atoms with Crippen LogP contribution in [0.25, 0.3) is 0 Å². The molecule has 0 aliphatic carbocycles. The zero-order valence-corrected chi connectivity index (χ0v) is 11.1. The number of carbonyl (C=O) groups is 1. The Hall–Kier alpha value is -2.84. The van der Waals surface area contributed by atoms with E-state index in [1.807, 2.05) is 0 Å². The van der Waals surface area contributed by atoms with Crippen molar-refractivity contribution < 1.29 is 14.3 Å². The lowest BCUT2D eigenvalue weighted by Gasteiger charge is -2.07. The van der Waals surface area contributed by atoms with Crippen molar-refractivity contribution in [3.63, 3.8) is 0 Å². The summed E-state index contributed by atoms with van der Waals surface area (Å²) in [5.74, 6) is 4.06. The Labute approximate surface area is 121 Å². The van der Waals surface area contributed by atoms with Crippen molar-refractivity contribution in [1.82, 2.24) is 0 Å². The van der Waals surface area contributed by atoms with Gasteiger partial charge in [-0.05, 0) is 36.4 Å². The van der Waals surface area contributed by atoms with Crippen LogP contribution in [0.3, 0.4) is 0 Å². The maximum absolute atomic E-state index is 12.9. The first kappa shape index (κ1) is 14.6. The van der Waals surface area contributed by atoms with E-state index in [0.29, 0.717) is 5.69 Å². The summed E-state index contributed by atoms with van der Waals surface area (Å²) in [5.41, 5.74) is 6.61. The first-order valence-electron chi connectivity index (χ1n) is 6.19. The first-order chi connectivity index (χ1) is 10.1. The standard InChI is InChI=1S/C16H13FN2O2/c17-12-5-8-14(15(20)10-12)16(21)19-13-6-3-11(4-7-13)2-1-9-18/h3-8,10,20H,9,18H2,(H,19,21). The van der Waals surface area contributed by atoms with Crippen molar-refractivity contribution in [2.45, 2.75) is 0 Å². The van der Waals surface area contributed by atoms with Crippen LogP contribution in [0.4, 0.5) is 10.1 Å². The molecule has 2 aromatic rings. The minimum Gasteiger partial charge on any atom is -0.507 e. The second kappa shape index (κ2) is 6.55. The molecule has 106 valence electrons. The monoisotopic (exact) mass is 284 g/mol. The van der Waals surface area contributed by atoms with E-state index in [1.165, 1.54) is 6.07 Å². The highest BCUT2D eigenvalue weighted by Crippen LogP contribution is 2.19. The van der Waals surface area contributed by atoms with Gasteiger partial charge >= 0.3 is 0 Å². The highest BCUT2D eigenvalue weighted by molar-refractivity contribution is 6.06. The van der Waals surface area contributed by atoms with Gasteiger partial charge in [-0.3, -0.25) is 4.79 Å². The third kappa shape index (κ3) is 3.81. The number of phenolic OH excluding ortho intramolecular Hbond substituents is 1. The van der Waals surface area contributed by atoms with Crippen LogP contribution in [0.1, 0.15) is 15.9 Å². The largest absolute Gasteiger partial charge is 0.507 e. The average Bonchev–Trinajstić information content (AvgIpc) is 2.46. The van der Waals surface area contributed by atoms with Gasteiger partial charge in [0.2, 0.25) is 0 Å². The average molecular weight is 284 g/mol. The van der Waals surface area contributed by atoms with E-state index in [0.717, 1.165) is 17.7 Å². The van der Waals surface area contributed by atoms with Crippen LogP contribution in [-0.4, -0.2) is 17.6 Å². The van der Waals surface area contributed by atoms with Crippen LogP contribution in [-0.2, 0) is 0 Å². The molecule has 0 atom stereocenters. The molecule has 0 saturated heterocycles. The second-order valence-corrected chi connectivity index (χ2v) is 4.20. The van der Waals surface area contributed by atoms with E-state index < -0.39 is 17.5 Å². The van der Waals surface area contributed by atoms with Gasteiger partial charge in [0.15, 0.2) is 0 Å². The van der Waals surface area contributed by atoms with E-state index in [9.17, 15) is 14.3 Å². The number of nitrogens with two attached hydrogens (primary N) is 1. The number of aromatic hydroxyl groups is 1. The molecule has 0 aliphatic heterocycles. The highest BCUT2D eigenvalue weighted by Gasteiger charge is 2.11. The number of carbonyl (C=O) groups excluding carboxylic acids is 1. The second-order valence-electron chi connectivity index (χ2n) is 4.20. The molecule has 0 saturated carbocycles. The summed E-state index contributed by atoms with van der Waals surface area (Å²) in [4.78, 5) is 12.0. The molecule has 1 amide bonds. The minimum absolute atomic E-state index is 0.00315. The van der Waals surface area contributed by atoms with Crippen LogP contribution in [0.2, 0.25) is 0 Å². The normalized spacial score (nSPS) is 9.62. The molecule has 0 radical (unpaired) electrons. The molecular formula is C16H13FN2O2. The zero-order chi connectivity index (χ0) is 15.2. The third-order valence-corrected chi connectivity index (χ3v) is 2.68. The lowest BCUT2D eigenvalue weighted by atomic mass is 10.1. The molecule has 4 nitrogen and oxygen atoms in total. The van der Waals surface area contributed by atoms with E-state index in [4.69, 9.17) is 5.73 Å². The molecule has 0 fully saturated rings. The number of phenols is 1. The van der Waals surface area contributed by atoms with Gasteiger partial charge < -0.3 is 16.2 Å². The van der Waals surface area contributed by atoms with Gasteiger partial charge in [0, 0.05) is 17.3 Å². The van der Waals surface area contributed by atoms with Crippen molar-refractivity contribution >= 4 is 11.6 Å². The van der Waals surface area contributed by atoms with Crippen molar-refractivity contribution in [2.24, 2.45) is 5.73 Å². The Morgan fingerprint density at radius 2 is 1.95 bits per heavy atom. The summed E-state index contributed by atoms with van der Waals surface area (Å²) in [6.07, 6.45) is 0. The summed E-state index contributed by atoms with van der Waals surface area (Å²) < 4.78 is 12.9. The van der Waals surface area contributed by atoms with Gasteiger partial charge in [-0.25, -0.2) is 4.39 Å². The maximum atomic E-state index is 12.9. The summed E-state index contributed by atoms with van der Waals surface area (Å²) in [7, 11) is 0. The lowest BCUT2D eigenvalue weighted by molar-refractivity contribution is 0.102. The fraction of sp³-hybridized carbons (Fsp3) is 0.0625. The molecule has 2 aromatic carbocycles. The number of anilines is 1. The highest BCUT2D eigenvalue weighted by atomic mass is 19.1. The molecule has 0 unspecified atom stereocenters. The number of benzene rings is 2. The molecule has 21 heavy (non-hydrogen) atoms. The Morgan fingerprint density at radius 3 is 2.57 bits per heavy atom. The van der Waals surface area contributed by atoms with E-state index in [-0.39, 0.29) is 12.1 Å². The van der Waals surface area contributed by atoms with Gasteiger partial charge in [0.25, 0.3) is 5.91 Å². The van der Waals surface area contributed by atoms with Crippen LogP contribution in [0.5, 0.6) is 5.75 Å². The van der Waals surface area contributed by atoms with Crippen LogP contribution in [0.15, 0.2) is 42.5 Å². The molecule has 2 rings (SSSR count). The van der Waals surface area contributed by atoms with Crippen LogP contribution >= 0.6 is 0 Å². The first-order valence-corrected chi connectivity index (χ1v) is 6.19. The Bertz CT molecular complexity index is 715. The molecule has 0 aromatic heterocycles. The number of hydrogen-bond donors (Lipinski definition) is 3. The summed E-state index contributed by atoms with van der Waals surface area (Å²) in [6.45, 7) is 0.280. The van der Waals surface area contributed by atoms with Crippen molar-refractivity contribution in [1.29, 1.82) is 0 Å². The van der Waals surface area contributed by atoms with Gasteiger partial charge in [-0.15, -0.1) is 0 Å². The minimum atomic E-state index is -0.605. The predicted molar refractivity (Wildman–Crippen MR) is 78.4 cm³/mol. The zero-order valence-electron chi connectivity index (χ0n) is 11.1. The van der Waals surface area contributed by atoms with Gasteiger partial charge in [-0.1, -0.05) is 11.8 Å². The maximum Gasteiger partial charge on any atom is 0.259 e. The Kier molecular flexibility index (Phi) is 4.54. The number of rotatable bonds is 2.